The summed E-state index contributed by atoms with van der Waals surface area (Å²) in [6.07, 6.45) is -0.204. The summed E-state index contributed by atoms with van der Waals surface area (Å²) in [5.41, 5.74) is 0.748. The first-order chi connectivity index (χ1) is 11.4. The molecule has 0 radical (unpaired) electrons. The molecule has 134 valence electrons. The summed E-state index contributed by atoms with van der Waals surface area (Å²) < 4.78 is 43.0. The van der Waals surface area contributed by atoms with Crippen molar-refractivity contribution in [2.24, 2.45) is 5.92 Å². The van der Waals surface area contributed by atoms with Gasteiger partial charge in [0.15, 0.2) is 11.5 Å². The van der Waals surface area contributed by atoms with Crippen molar-refractivity contribution in [2.45, 2.75) is 18.8 Å². The van der Waals surface area contributed by atoms with Crippen LogP contribution in [0.5, 0.6) is 11.5 Å². The van der Waals surface area contributed by atoms with E-state index in [1.807, 2.05) is 0 Å². The van der Waals surface area contributed by atoms with Gasteiger partial charge in [-0.2, -0.15) is 0 Å². The molecule has 1 aliphatic rings. The zero-order valence-electron chi connectivity index (χ0n) is 14.2. The summed E-state index contributed by atoms with van der Waals surface area (Å²) in [6, 6.07) is 5.21. The molecule has 0 aromatic heterocycles. The van der Waals surface area contributed by atoms with Crippen LogP contribution in [0.25, 0.3) is 0 Å². The van der Waals surface area contributed by atoms with Gasteiger partial charge < -0.3 is 19.1 Å². The van der Waals surface area contributed by atoms with E-state index in [2.05, 4.69) is 0 Å². The Morgan fingerprint density at radius 2 is 1.96 bits per heavy atom. The first kappa shape index (κ1) is 18.4. The lowest BCUT2D eigenvalue weighted by Gasteiger charge is -2.38. The number of halogens is 2. The van der Waals surface area contributed by atoms with Crippen LogP contribution in [-0.2, 0) is 16.0 Å². The monoisotopic (exact) mass is 343 g/mol. The molecule has 0 bridgehead atoms. The third-order valence-electron chi connectivity index (χ3n) is 4.28. The van der Waals surface area contributed by atoms with Gasteiger partial charge >= 0.3 is 0 Å². The van der Waals surface area contributed by atoms with E-state index in [4.69, 9.17) is 14.2 Å². The van der Waals surface area contributed by atoms with E-state index in [0.717, 1.165) is 5.56 Å². The van der Waals surface area contributed by atoms with E-state index in [0.29, 0.717) is 11.5 Å². The molecule has 5 nitrogen and oxygen atoms in total. The molecule has 0 N–H and O–H groups in total. The summed E-state index contributed by atoms with van der Waals surface area (Å²) in [4.78, 5) is 13.9. The number of ether oxygens (including phenoxy) is 3. The normalized spacial score (nSPS) is 19.9. The molecule has 24 heavy (non-hydrogen) atoms. The number of amides is 1. The lowest BCUT2D eigenvalue weighted by atomic mass is 9.93. The smallest absolute Gasteiger partial charge is 0.256 e. The molecule has 7 heteroatoms. The number of nitrogens with zero attached hydrogens (tertiary/aromatic N) is 1. The van der Waals surface area contributed by atoms with Crippen LogP contribution >= 0.6 is 0 Å². The van der Waals surface area contributed by atoms with E-state index in [-0.39, 0.29) is 38.4 Å². The third-order valence-corrected chi connectivity index (χ3v) is 4.28. The maximum atomic E-state index is 13.9. The number of alkyl halides is 2. The van der Waals surface area contributed by atoms with Crippen LogP contribution in [0.1, 0.15) is 12.0 Å². The Morgan fingerprint density at radius 1 is 1.25 bits per heavy atom. The van der Waals surface area contributed by atoms with Crippen molar-refractivity contribution in [2.75, 3.05) is 41.0 Å². The maximum absolute atomic E-state index is 13.9. The van der Waals surface area contributed by atoms with Gasteiger partial charge in [-0.15, -0.1) is 0 Å². The molecule has 1 saturated heterocycles. The molecule has 1 amide bonds. The zero-order chi connectivity index (χ0) is 17.7. The van der Waals surface area contributed by atoms with Crippen LogP contribution in [0.2, 0.25) is 0 Å². The highest BCUT2D eigenvalue weighted by atomic mass is 19.3. The highest BCUT2D eigenvalue weighted by molar-refractivity contribution is 5.79. The second-order valence-corrected chi connectivity index (χ2v) is 5.87. The minimum atomic E-state index is -2.80. The fourth-order valence-corrected chi connectivity index (χ4v) is 2.86. The molecular formula is C17H23F2NO4. The Kier molecular flexibility index (Phi) is 5.99. The summed E-state index contributed by atoms with van der Waals surface area (Å²) in [6.45, 7) is -0.000557. The molecule has 1 fully saturated rings. The van der Waals surface area contributed by atoms with Crippen LogP contribution in [0, 0.1) is 5.92 Å². The van der Waals surface area contributed by atoms with Crippen molar-refractivity contribution in [3.05, 3.63) is 23.8 Å². The van der Waals surface area contributed by atoms with E-state index < -0.39 is 11.8 Å². The average Bonchev–Trinajstić information content (AvgIpc) is 2.56. The fraction of sp³-hybridized carbons (Fsp3) is 0.588. The molecule has 1 aromatic rings. The Hall–Kier alpha value is -1.89. The molecule has 0 aliphatic carbocycles. The second-order valence-electron chi connectivity index (χ2n) is 5.87. The molecular weight excluding hydrogens is 320 g/mol. The van der Waals surface area contributed by atoms with Gasteiger partial charge in [-0.05, 0) is 17.7 Å². The average molecular weight is 343 g/mol. The molecule has 2 rings (SSSR count). The Labute approximate surface area is 140 Å². The van der Waals surface area contributed by atoms with E-state index in [9.17, 15) is 13.6 Å². The SMILES string of the molecule is COCC1CN(C(=O)Cc2ccc(OC)c(OC)c2)CCC1(F)F. The number of hydrogen-bond acceptors (Lipinski definition) is 4. The molecule has 1 unspecified atom stereocenters. The number of benzene rings is 1. The van der Waals surface area contributed by atoms with Gasteiger partial charge in [0.2, 0.25) is 5.91 Å². The number of rotatable bonds is 6. The molecule has 1 atom stereocenters. The lowest BCUT2D eigenvalue weighted by Crippen LogP contribution is -2.51. The highest BCUT2D eigenvalue weighted by Crippen LogP contribution is 2.34. The number of carbonyl (C=O) groups excluding carboxylic acids is 1. The quantitative estimate of drug-likeness (QED) is 0.796. The maximum Gasteiger partial charge on any atom is 0.256 e. The van der Waals surface area contributed by atoms with Crippen LogP contribution in [-0.4, -0.2) is 57.8 Å². The van der Waals surface area contributed by atoms with Crippen LogP contribution in [0.3, 0.4) is 0 Å². The van der Waals surface area contributed by atoms with Crippen molar-refractivity contribution in [3.8, 4) is 11.5 Å². The summed E-state index contributed by atoms with van der Waals surface area (Å²) in [7, 11) is 4.44. The number of piperidine rings is 1. The summed E-state index contributed by atoms with van der Waals surface area (Å²) in [5, 5.41) is 0. The number of carbonyl (C=O) groups is 1. The summed E-state index contributed by atoms with van der Waals surface area (Å²) >= 11 is 0. The molecule has 0 saturated carbocycles. The van der Waals surface area contributed by atoms with Gasteiger partial charge in [-0.25, -0.2) is 8.78 Å². The van der Waals surface area contributed by atoms with Gasteiger partial charge in [0.25, 0.3) is 5.92 Å². The Bertz CT molecular complexity index is 580. The minimum Gasteiger partial charge on any atom is -0.493 e. The van der Waals surface area contributed by atoms with Gasteiger partial charge in [0, 0.05) is 26.6 Å². The first-order valence-electron chi connectivity index (χ1n) is 7.76. The van der Waals surface area contributed by atoms with Crippen molar-refractivity contribution >= 4 is 5.91 Å². The van der Waals surface area contributed by atoms with Crippen molar-refractivity contribution in [3.63, 3.8) is 0 Å². The van der Waals surface area contributed by atoms with Gasteiger partial charge in [0.1, 0.15) is 0 Å². The largest absolute Gasteiger partial charge is 0.493 e. The van der Waals surface area contributed by atoms with Crippen molar-refractivity contribution in [1.29, 1.82) is 0 Å². The molecule has 1 aromatic carbocycles. The van der Waals surface area contributed by atoms with E-state index in [1.165, 1.54) is 26.2 Å². The number of hydrogen-bond donors (Lipinski definition) is 0. The van der Waals surface area contributed by atoms with Crippen molar-refractivity contribution in [1.82, 2.24) is 4.90 Å². The first-order valence-corrected chi connectivity index (χ1v) is 7.76. The van der Waals surface area contributed by atoms with Crippen molar-refractivity contribution < 1.29 is 27.8 Å². The predicted molar refractivity (Wildman–Crippen MR) is 84.8 cm³/mol. The van der Waals surface area contributed by atoms with Gasteiger partial charge in [-0.1, -0.05) is 6.07 Å². The molecule has 1 heterocycles. The van der Waals surface area contributed by atoms with Gasteiger partial charge in [0.05, 0.1) is 33.2 Å². The van der Waals surface area contributed by atoms with Crippen LogP contribution in [0.4, 0.5) is 8.78 Å². The zero-order valence-corrected chi connectivity index (χ0v) is 14.2. The summed E-state index contributed by atoms with van der Waals surface area (Å²) in [5.74, 6) is -2.84. The molecule has 0 spiro atoms. The van der Waals surface area contributed by atoms with Gasteiger partial charge in [-0.3, -0.25) is 4.79 Å². The predicted octanol–water partition coefficient (Wildman–Crippen LogP) is 2.38. The standard InChI is InChI=1S/C17H23F2NO4/c1-22-11-13-10-20(7-6-17(13,18)19)16(21)9-12-4-5-14(23-2)15(8-12)24-3/h4-5,8,13H,6-7,9-11H2,1-3H3. The lowest BCUT2D eigenvalue weighted by molar-refractivity contribution is -0.150. The van der Waals surface area contributed by atoms with E-state index in [1.54, 1.807) is 18.2 Å². The fourth-order valence-electron chi connectivity index (χ4n) is 2.86. The topological polar surface area (TPSA) is 48.0 Å². The number of methoxy groups -OCH3 is 3. The third kappa shape index (κ3) is 4.14. The Morgan fingerprint density at radius 3 is 2.58 bits per heavy atom. The molecule has 1 aliphatic heterocycles. The number of likely N-dealkylation sites (tertiary alicyclic amines) is 1. The van der Waals surface area contributed by atoms with Crippen LogP contribution in [0.15, 0.2) is 18.2 Å². The highest BCUT2D eigenvalue weighted by Gasteiger charge is 2.44. The van der Waals surface area contributed by atoms with Crippen LogP contribution < -0.4 is 9.47 Å². The minimum absolute atomic E-state index is 0.00691. The second kappa shape index (κ2) is 7.79. The van der Waals surface area contributed by atoms with E-state index >= 15 is 0 Å². The Balaban J connectivity index is 2.04.